The summed E-state index contributed by atoms with van der Waals surface area (Å²) < 4.78 is 28.5. The fraction of sp³-hybridized carbons (Fsp3) is 0.277. The summed E-state index contributed by atoms with van der Waals surface area (Å²) in [5.74, 6) is 0.566. The second kappa shape index (κ2) is 61.9. The van der Waals surface area contributed by atoms with Crippen LogP contribution in [0, 0.1) is 11.8 Å². The first-order valence-corrected chi connectivity index (χ1v) is 55.8. The molecule has 46 heteroatoms. The lowest BCUT2D eigenvalue weighted by Gasteiger charge is -2.07. The zero-order chi connectivity index (χ0) is 103. The number of ether oxygens (including phenoxy) is 5. The predicted octanol–water partition coefficient (Wildman–Crippen LogP) is 40.2. The number of thiazole rings is 5. The van der Waals surface area contributed by atoms with Crippen molar-refractivity contribution >= 4 is 370 Å². The zero-order valence-electron chi connectivity index (χ0n) is 76.7. The van der Waals surface area contributed by atoms with Gasteiger partial charge in [-0.1, -0.05) is 260 Å². The molecule has 10 heterocycles. The molecular formula is C101H107Br6Cl10N13O10S7. The van der Waals surface area contributed by atoms with Gasteiger partial charge in [-0.25, -0.2) is 63.8 Å². The van der Waals surface area contributed by atoms with Gasteiger partial charge in [-0.05, 0) is 229 Å². The van der Waals surface area contributed by atoms with E-state index in [9.17, 15) is 24.0 Å². The first kappa shape index (κ1) is 133. The van der Waals surface area contributed by atoms with E-state index in [2.05, 4.69) is 211 Å². The molecule has 0 saturated heterocycles. The molecule has 5 aromatic carbocycles. The van der Waals surface area contributed by atoms with Crippen LogP contribution in [-0.4, -0.2) is 105 Å². The summed E-state index contributed by atoms with van der Waals surface area (Å²) in [5.41, 5.74) is 16.6. The molecule has 10 aromatic heterocycles. The first-order chi connectivity index (χ1) is 66.8. The Bertz CT molecular complexity index is 7050. The Morgan fingerprint density at radius 1 is 0.320 bits per heavy atom. The van der Waals surface area contributed by atoms with Gasteiger partial charge in [-0.3, -0.25) is 0 Å². The van der Waals surface area contributed by atoms with Gasteiger partial charge in [0.2, 0.25) is 0 Å². The summed E-state index contributed by atoms with van der Waals surface area (Å²) in [6.07, 6.45) is 6.46. The number of carbonyl (C=O) groups excluding carboxylic acids is 5. The highest BCUT2D eigenvalue weighted by Gasteiger charge is 2.28. The number of esters is 5. The van der Waals surface area contributed by atoms with Crippen LogP contribution in [0.1, 0.15) is 206 Å². The smallest absolute Gasteiger partial charge is 0.350 e. The highest BCUT2D eigenvalue weighted by atomic mass is 79.9. The van der Waals surface area contributed by atoms with Crippen LogP contribution < -0.4 is 27.0 Å². The minimum Gasteiger partial charge on any atom is -0.465 e. The van der Waals surface area contributed by atoms with Crippen molar-refractivity contribution in [3.05, 3.63) is 266 Å². The molecule has 0 fully saturated rings. The molecule has 0 amide bonds. The fourth-order valence-electron chi connectivity index (χ4n) is 12.5. The molecule has 15 aromatic rings. The number of nitrogens with two attached hydrogens (primary N) is 1. The SMILES string of the molecule is C.C.C.C.C.C.CC(C)c1sc(Br)nc1-c1ccc(Cl)c(Cl)c1.COC(=O)c1cc(Br)cnc1N.COC(=O)c1cc(Br)cnc1Nc1nc(-c2ccc(Cl)c(Cl)c2)c(C(C)C)s1.COC(=O)c1cc(Br)cnc1Nc1nc(-c2ccc(Cl)c(Cl)c2)c(CC(C)C)s1.COC(=O)c1sc(Br)cc1Nc1nc(-c2ccc(Cl)c(Cl)c2)c(C(C)C)s1.COC(=O)c1sc(Br)cc1Nc1nc(-c2ccc(Cl)c(Cl)c2)c(CC(C)C)s1. The minimum absolute atomic E-state index is 0. The van der Waals surface area contributed by atoms with Gasteiger partial charge in [0, 0.05) is 84.2 Å². The van der Waals surface area contributed by atoms with Crippen LogP contribution in [0.3, 0.4) is 0 Å². The van der Waals surface area contributed by atoms with Crippen molar-refractivity contribution in [2.24, 2.45) is 11.8 Å². The molecule has 0 aliphatic carbocycles. The van der Waals surface area contributed by atoms with E-state index in [1.54, 1.807) is 101 Å². The molecule has 0 aliphatic rings. The number of nitrogen functional groups attached to an aromatic ring is 1. The van der Waals surface area contributed by atoms with Gasteiger partial charge >= 0.3 is 29.8 Å². The number of benzene rings is 5. The second-order valence-corrected chi connectivity index (χ2v) is 49.5. The van der Waals surface area contributed by atoms with Crippen molar-refractivity contribution in [3.63, 3.8) is 0 Å². The number of methoxy groups -OCH3 is 5. The third-order valence-electron chi connectivity index (χ3n) is 18.9. The summed E-state index contributed by atoms with van der Waals surface area (Å²) in [6.45, 7) is 21.3. The Hall–Kier alpha value is -6.77. The summed E-state index contributed by atoms with van der Waals surface area (Å²) in [6, 6.07) is 36.1. The lowest BCUT2D eigenvalue weighted by Crippen LogP contribution is -2.07. The molecule has 0 bridgehead atoms. The standard InChI is InChI=1S/C20H18BrCl2N3O2S.C19H16BrCl2N3O2S.C19H17BrCl2N2O2S2.C18H15BrCl2N2O2S2.C12H10BrCl2NS.C7H7BrN2O2.6CH4/c1-10(2)6-16-17(11-4-5-14(22)15(23)7-11)25-20(29-16)26-18-13(19(27)28-3)8-12(21)9-24-18;1-9(2)16-15(10-4-5-13(21)14(22)6-10)24-19(28-16)25-17-12(18(26)27-3)7-11(20)8-23-17;1-9(2)6-14-16(10-4-5-11(21)12(22)7-10)24-19(27-14)23-13-8-15(20)28-17(13)18(25)26-3;1-8(2)15-14(9-4-5-10(20)11(21)6-9)23-18(27-15)22-12-7-13(19)26-16(12)17(24)25-3;1-6(2)11-10(16-12(13)17-11)7-3-4-8(14)9(15)5-7;1-12-7(11)5-2-4(8)3-10-6(5)9;;;;;;/h4-5,7-10H,6H2,1-3H3,(H,24,25,26);4-9H,1-3H3,(H,23,24,25);4-5,7-9H,6H2,1-3H3,(H,23,24);4-8H,1-3H3,(H,22,23);3-6H,1-2H3;2-3H,1H3,(H2,9,10);6*1H4. The molecular weight excluding hydrogens is 2610 g/mol. The van der Waals surface area contributed by atoms with E-state index >= 15 is 0 Å². The fourth-order valence-corrected chi connectivity index (χ4v) is 23.9. The summed E-state index contributed by atoms with van der Waals surface area (Å²) in [7, 11) is 6.69. The maximum Gasteiger partial charge on any atom is 0.350 e. The van der Waals surface area contributed by atoms with Crippen molar-refractivity contribution in [2.75, 3.05) is 62.5 Å². The first-order valence-electron chi connectivity index (χ1n) is 41.5. The average Bonchev–Trinajstić information content (AvgIpc) is 1.68. The molecule has 0 atom stereocenters. The van der Waals surface area contributed by atoms with Crippen LogP contribution in [0.5, 0.6) is 0 Å². The Morgan fingerprint density at radius 2 is 0.585 bits per heavy atom. The van der Waals surface area contributed by atoms with Crippen LogP contribution in [0.2, 0.25) is 50.2 Å². The van der Waals surface area contributed by atoms with E-state index in [0.717, 1.165) is 100 Å². The Balaban J connectivity index is 0.000000371. The zero-order valence-corrected chi connectivity index (χ0v) is 99.5. The summed E-state index contributed by atoms with van der Waals surface area (Å²) >= 11 is 91.4. The molecule has 23 nitrogen and oxygen atoms in total. The third kappa shape index (κ3) is 36.7. The molecule has 0 radical (unpaired) electrons. The largest absolute Gasteiger partial charge is 0.465 e. The van der Waals surface area contributed by atoms with Crippen LogP contribution >= 0.6 is 291 Å². The number of anilines is 9. The quantitative estimate of drug-likeness (QED) is 0.0262. The lowest BCUT2D eigenvalue weighted by molar-refractivity contribution is 0.0592. The van der Waals surface area contributed by atoms with Crippen molar-refractivity contribution in [1.82, 2.24) is 39.9 Å². The monoisotopic (exact) mass is 2710 g/mol. The number of hydrogen-bond acceptors (Lipinski definition) is 30. The molecule has 15 rings (SSSR count). The number of aromatic nitrogens is 8. The van der Waals surface area contributed by atoms with E-state index in [1.165, 1.54) is 92.0 Å². The van der Waals surface area contributed by atoms with Crippen LogP contribution in [-0.2, 0) is 36.5 Å². The molecule has 0 saturated carbocycles. The summed E-state index contributed by atoms with van der Waals surface area (Å²) in [5, 5.41) is 20.5. The van der Waals surface area contributed by atoms with E-state index in [0.29, 0.717) is 146 Å². The van der Waals surface area contributed by atoms with Crippen molar-refractivity contribution in [3.8, 4) is 56.3 Å². The predicted molar refractivity (Wildman–Crippen MR) is 649 cm³/mol. The topological polar surface area (TPSA) is 309 Å². The van der Waals surface area contributed by atoms with E-state index in [4.69, 9.17) is 161 Å². The van der Waals surface area contributed by atoms with E-state index in [1.807, 2.05) is 66.7 Å². The highest BCUT2D eigenvalue weighted by molar-refractivity contribution is 9.11. The number of hydrogen-bond donors (Lipinski definition) is 5. The third-order valence-corrected chi connectivity index (χ3v) is 33.5. The number of halogens is 16. The minimum atomic E-state index is -0.485. The molecule has 790 valence electrons. The van der Waals surface area contributed by atoms with Crippen molar-refractivity contribution < 1.29 is 47.7 Å². The highest BCUT2D eigenvalue weighted by Crippen LogP contribution is 2.47. The number of nitrogens with zero attached hydrogens (tertiary/aromatic N) is 8. The molecule has 0 spiro atoms. The molecule has 147 heavy (non-hydrogen) atoms. The van der Waals surface area contributed by atoms with Crippen LogP contribution in [0.4, 0.5) is 49.4 Å². The van der Waals surface area contributed by atoms with Gasteiger partial charge in [-0.15, -0.1) is 79.4 Å². The van der Waals surface area contributed by atoms with Gasteiger partial charge in [0.15, 0.2) is 24.4 Å². The van der Waals surface area contributed by atoms with Gasteiger partial charge in [0.25, 0.3) is 0 Å². The maximum absolute atomic E-state index is 12.1. The Kier molecular flexibility index (Phi) is 55.8. The normalized spacial score (nSPS) is 10.5. The van der Waals surface area contributed by atoms with Crippen molar-refractivity contribution in [1.29, 1.82) is 0 Å². The number of pyridine rings is 3. The van der Waals surface area contributed by atoms with Gasteiger partial charge < -0.3 is 50.7 Å². The second-order valence-electron chi connectivity index (χ2n) is 31.3. The van der Waals surface area contributed by atoms with E-state index < -0.39 is 23.9 Å². The maximum atomic E-state index is 12.1. The van der Waals surface area contributed by atoms with Crippen molar-refractivity contribution in [2.45, 2.75) is 144 Å². The Labute approximate surface area is 987 Å². The average molecular weight is 2720 g/mol. The van der Waals surface area contributed by atoms with Gasteiger partial charge in [0.05, 0.1) is 133 Å². The van der Waals surface area contributed by atoms with E-state index in [-0.39, 0.29) is 73.7 Å². The van der Waals surface area contributed by atoms with Crippen LogP contribution in [0.15, 0.2) is 165 Å². The number of nitrogens with one attached hydrogen (secondary N) is 4. The molecule has 6 N–H and O–H groups in total. The molecule has 0 aliphatic heterocycles. The van der Waals surface area contributed by atoms with Gasteiger partial charge in [-0.2, -0.15) is 0 Å². The number of thiophene rings is 2. The molecule has 0 unspecified atom stereocenters. The van der Waals surface area contributed by atoms with Gasteiger partial charge in [0.1, 0.15) is 43.9 Å². The number of carbonyl (C=O) groups is 5. The summed E-state index contributed by atoms with van der Waals surface area (Å²) in [4.78, 5) is 102. The van der Waals surface area contributed by atoms with Crippen LogP contribution in [0.25, 0.3) is 56.3 Å². The lowest BCUT2D eigenvalue weighted by atomic mass is 10.0. The number of rotatable bonds is 25. The Morgan fingerprint density at radius 3 is 0.891 bits per heavy atom.